The molecule has 5 atom stereocenters. The number of fused-ring (bicyclic) bond motifs is 3. The van der Waals surface area contributed by atoms with Crippen molar-refractivity contribution in [2.24, 2.45) is 11.8 Å². The Hall–Kier alpha value is -4.31. The molecule has 7 heteroatoms. The van der Waals surface area contributed by atoms with Crippen molar-refractivity contribution >= 4 is 23.3 Å². The van der Waals surface area contributed by atoms with Crippen LogP contribution in [0.1, 0.15) is 60.9 Å². The lowest BCUT2D eigenvalue weighted by atomic mass is 9.79. The number of benzene rings is 3. The Labute approximate surface area is 229 Å². The second-order valence-electron chi connectivity index (χ2n) is 10.8. The van der Waals surface area contributed by atoms with Crippen LogP contribution in [0.2, 0.25) is 0 Å². The fourth-order valence-electron chi connectivity index (χ4n) is 6.74. The molecule has 1 aliphatic carbocycles. The SMILES string of the molecule is N#Cc1ccc(NC(=O)N[C@@H]2CCCC[C@@H]2C(=O)N2CC[C@@H]3[C@H](c4ccccc4)Nc4ccccc4[C@@H]32)cc1. The van der Waals surface area contributed by atoms with Gasteiger partial charge in [0, 0.05) is 29.9 Å². The number of hydrogen-bond donors (Lipinski definition) is 3. The van der Waals surface area contributed by atoms with E-state index in [1.54, 1.807) is 24.3 Å². The number of nitrogens with one attached hydrogen (secondary N) is 3. The molecule has 6 rings (SSSR count). The van der Waals surface area contributed by atoms with Gasteiger partial charge in [0.15, 0.2) is 0 Å². The standard InChI is InChI=1S/C32H33N5O2/c33-20-21-14-16-23(17-15-21)34-32(39)36-28-13-7-5-11-25(28)31(38)37-19-18-26-29(22-8-2-1-3-9-22)35-27-12-6-4-10-24(27)30(26)37/h1-4,6,8-10,12,14-17,25-26,28-30,35H,5,7,11,13,18-19H2,(H2,34,36,39)/t25-,26+,28+,29-,30-/m0/s1. The van der Waals surface area contributed by atoms with E-state index in [9.17, 15) is 9.59 Å². The highest BCUT2D eigenvalue weighted by atomic mass is 16.2. The number of para-hydroxylation sites is 1. The maximum absolute atomic E-state index is 14.2. The molecule has 2 aliphatic heterocycles. The van der Waals surface area contributed by atoms with Gasteiger partial charge < -0.3 is 20.9 Å². The molecule has 3 aliphatic rings. The van der Waals surface area contributed by atoms with E-state index < -0.39 is 0 Å². The summed E-state index contributed by atoms with van der Waals surface area (Å²) >= 11 is 0. The third-order valence-corrected chi connectivity index (χ3v) is 8.58. The Balaban J connectivity index is 1.21. The molecular formula is C32H33N5O2. The van der Waals surface area contributed by atoms with Gasteiger partial charge in [-0.25, -0.2) is 4.79 Å². The van der Waals surface area contributed by atoms with Crippen molar-refractivity contribution in [3.63, 3.8) is 0 Å². The van der Waals surface area contributed by atoms with Gasteiger partial charge in [-0.1, -0.05) is 61.4 Å². The molecule has 3 aromatic carbocycles. The maximum Gasteiger partial charge on any atom is 0.319 e. The molecule has 1 saturated carbocycles. The largest absolute Gasteiger partial charge is 0.378 e. The lowest BCUT2D eigenvalue weighted by molar-refractivity contribution is -0.138. The van der Waals surface area contributed by atoms with Crippen LogP contribution in [0.25, 0.3) is 0 Å². The fourth-order valence-corrected chi connectivity index (χ4v) is 6.74. The molecule has 2 heterocycles. The average Bonchev–Trinajstić information content (AvgIpc) is 3.43. The molecule has 198 valence electrons. The number of anilines is 2. The molecular weight excluding hydrogens is 486 g/mol. The molecule has 3 aromatic rings. The summed E-state index contributed by atoms with van der Waals surface area (Å²) in [6.07, 6.45) is 4.46. The number of hydrogen-bond acceptors (Lipinski definition) is 4. The lowest BCUT2D eigenvalue weighted by Gasteiger charge is -2.42. The molecule has 3 amide bonds. The minimum absolute atomic E-state index is 0.00945. The van der Waals surface area contributed by atoms with Crippen LogP contribution in [-0.2, 0) is 4.79 Å². The van der Waals surface area contributed by atoms with E-state index in [1.165, 1.54) is 11.1 Å². The summed E-state index contributed by atoms with van der Waals surface area (Å²) in [4.78, 5) is 29.2. The zero-order valence-electron chi connectivity index (χ0n) is 21.8. The minimum atomic E-state index is -0.319. The monoisotopic (exact) mass is 519 g/mol. The second-order valence-corrected chi connectivity index (χ2v) is 10.8. The van der Waals surface area contributed by atoms with Gasteiger partial charge in [-0.3, -0.25) is 4.79 Å². The van der Waals surface area contributed by atoms with Gasteiger partial charge in [-0.2, -0.15) is 5.26 Å². The molecule has 3 N–H and O–H groups in total. The van der Waals surface area contributed by atoms with Crippen molar-refractivity contribution < 1.29 is 9.59 Å². The molecule has 39 heavy (non-hydrogen) atoms. The van der Waals surface area contributed by atoms with Crippen molar-refractivity contribution in [2.75, 3.05) is 17.2 Å². The average molecular weight is 520 g/mol. The van der Waals surface area contributed by atoms with Crippen LogP contribution in [0.15, 0.2) is 78.9 Å². The predicted octanol–water partition coefficient (Wildman–Crippen LogP) is 6.00. The highest BCUT2D eigenvalue weighted by Crippen LogP contribution is 2.51. The van der Waals surface area contributed by atoms with E-state index >= 15 is 0 Å². The number of likely N-dealkylation sites (tertiary alicyclic amines) is 1. The van der Waals surface area contributed by atoms with Crippen molar-refractivity contribution in [3.05, 3.63) is 95.6 Å². The van der Waals surface area contributed by atoms with E-state index in [4.69, 9.17) is 5.26 Å². The first kappa shape index (κ1) is 25.0. The summed E-state index contributed by atoms with van der Waals surface area (Å²) in [7, 11) is 0. The van der Waals surface area contributed by atoms with E-state index in [-0.39, 0.29) is 41.9 Å². The number of carbonyl (C=O) groups is 2. The zero-order valence-corrected chi connectivity index (χ0v) is 21.8. The van der Waals surface area contributed by atoms with Crippen LogP contribution in [0.4, 0.5) is 16.2 Å². The van der Waals surface area contributed by atoms with Gasteiger partial charge in [-0.15, -0.1) is 0 Å². The first-order chi connectivity index (χ1) is 19.1. The maximum atomic E-state index is 14.2. The third-order valence-electron chi connectivity index (χ3n) is 8.58. The number of nitrogens with zero attached hydrogens (tertiary/aromatic N) is 2. The smallest absolute Gasteiger partial charge is 0.319 e. The second kappa shape index (κ2) is 10.8. The number of urea groups is 1. The summed E-state index contributed by atoms with van der Waals surface area (Å²) in [5.41, 5.74) is 4.67. The van der Waals surface area contributed by atoms with Crippen molar-refractivity contribution in [1.29, 1.82) is 5.26 Å². The predicted molar refractivity (Wildman–Crippen MR) is 151 cm³/mol. The molecule has 7 nitrogen and oxygen atoms in total. The number of carbonyl (C=O) groups excluding carboxylic acids is 2. The van der Waals surface area contributed by atoms with Gasteiger partial charge in [0.2, 0.25) is 5.91 Å². The Morgan fingerprint density at radius 1 is 0.897 bits per heavy atom. The van der Waals surface area contributed by atoms with E-state index in [0.717, 1.165) is 37.8 Å². The summed E-state index contributed by atoms with van der Waals surface area (Å²) in [6, 6.07) is 27.3. The first-order valence-corrected chi connectivity index (χ1v) is 13.9. The molecule has 0 aromatic heterocycles. The Kier molecular flexibility index (Phi) is 6.93. The van der Waals surface area contributed by atoms with Crippen LogP contribution in [0.3, 0.4) is 0 Å². The van der Waals surface area contributed by atoms with E-state index in [0.29, 0.717) is 17.8 Å². The van der Waals surface area contributed by atoms with Gasteiger partial charge in [-0.05, 0) is 60.7 Å². The van der Waals surface area contributed by atoms with Crippen LogP contribution in [0.5, 0.6) is 0 Å². The van der Waals surface area contributed by atoms with Crippen molar-refractivity contribution in [1.82, 2.24) is 10.2 Å². The van der Waals surface area contributed by atoms with E-state index in [2.05, 4.69) is 69.4 Å². The summed E-state index contributed by atoms with van der Waals surface area (Å²) in [5.74, 6) is 0.178. The van der Waals surface area contributed by atoms with Crippen LogP contribution < -0.4 is 16.0 Å². The molecule has 0 bridgehead atoms. The topological polar surface area (TPSA) is 97.3 Å². The third kappa shape index (κ3) is 4.95. The van der Waals surface area contributed by atoms with Gasteiger partial charge in [0.25, 0.3) is 0 Å². The number of nitriles is 1. The molecule has 2 fully saturated rings. The van der Waals surface area contributed by atoms with Crippen molar-refractivity contribution in [2.45, 2.75) is 50.2 Å². The Morgan fingerprint density at radius 2 is 1.64 bits per heavy atom. The first-order valence-electron chi connectivity index (χ1n) is 13.9. The van der Waals surface area contributed by atoms with Crippen LogP contribution in [-0.4, -0.2) is 29.4 Å². The summed E-state index contributed by atoms with van der Waals surface area (Å²) in [6.45, 7) is 0.716. The summed E-state index contributed by atoms with van der Waals surface area (Å²) < 4.78 is 0. The van der Waals surface area contributed by atoms with Crippen LogP contribution in [0, 0.1) is 23.2 Å². The van der Waals surface area contributed by atoms with Crippen LogP contribution >= 0.6 is 0 Å². The number of rotatable bonds is 4. The molecule has 0 unspecified atom stereocenters. The summed E-state index contributed by atoms with van der Waals surface area (Å²) in [5, 5.41) is 18.7. The normalized spacial score (nSPS) is 25.4. The highest BCUT2D eigenvalue weighted by Gasteiger charge is 2.48. The molecule has 1 saturated heterocycles. The van der Waals surface area contributed by atoms with Gasteiger partial charge in [0.05, 0.1) is 29.6 Å². The van der Waals surface area contributed by atoms with Gasteiger partial charge >= 0.3 is 6.03 Å². The minimum Gasteiger partial charge on any atom is -0.378 e. The fraction of sp³-hybridized carbons (Fsp3) is 0.344. The van der Waals surface area contributed by atoms with E-state index in [1.807, 2.05) is 12.1 Å². The van der Waals surface area contributed by atoms with Gasteiger partial charge in [0.1, 0.15) is 0 Å². The number of amides is 3. The highest BCUT2D eigenvalue weighted by molar-refractivity contribution is 5.90. The Bertz CT molecular complexity index is 1380. The zero-order chi connectivity index (χ0) is 26.8. The Morgan fingerprint density at radius 3 is 2.44 bits per heavy atom. The quantitative estimate of drug-likeness (QED) is 0.394. The molecule has 0 spiro atoms. The van der Waals surface area contributed by atoms with Crippen molar-refractivity contribution in [3.8, 4) is 6.07 Å². The molecule has 0 radical (unpaired) electrons. The lowest BCUT2D eigenvalue weighted by Crippen LogP contribution is -2.51.